The van der Waals surface area contributed by atoms with Gasteiger partial charge in [-0.25, -0.2) is 4.79 Å². The Labute approximate surface area is 45.1 Å². The summed E-state index contributed by atoms with van der Waals surface area (Å²) in [6.07, 6.45) is -1.94. The number of nitrogens with two attached hydrogens (primary N) is 1. The van der Waals surface area contributed by atoms with Gasteiger partial charge in [0.1, 0.15) is 0 Å². The second-order valence-corrected chi connectivity index (χ2v) is 1.99. The summed E-state index contributed by atoms with van der Waals surface area (Å²) in [7, 11) is -4.32. The molecule has 8 heavy (non-hydrogen) atoms. The van der Waals surface area contributed by atoms with Gasteiger partial charge in [-0.2, -0.15) is 13.6 Å². The molecule has 0 aliphatic heterocycles. The van der Waals surface area contributed by atoms with Crippen molar-refractivity contribution in [3.8, 4) is 0 Å². The minimum Gasteiger partial charge on any atom is -0.449 e. The van der Waals surface area contributed by atoms with Crippen molar-refractivity contribution in [3.63, 3.8) is 0 Å². The van der Waals surface area contributed by atoms with Crippen molar-refractivity contribution in [3.05, 3.63) is 0 Å². The zero-order valence-electron chi connectivity index (χ0n) is 3.57. The molecule has 0 aromatic rings. The molecule has 3 N–H and O–H groups in total. The Morgan fingerprint density at radius 1 is 1.62 bits per heavy atom. The molecule has 0 atom stereocenters. The van der Waals surface area contributed by atoms with Crippen molar-refractivity contribution in [2.24, 2.45) is 5.14 Å². The van der Waals surface area contributed by atoms with Crippen molar-refractivity contribution < 1.29 is 22.5 Å². The zero-order valence-corrected chi connectivity index (χ0v) is 4.38. The Balaban J connectivity index is 3.95. The second kappa shape index (κ2) is 1.97. The molecule has 0 aliphatic carbocycles. The molecule has 0 amide bonds. The van der Waals surface area contributed by atoms with Crippen LogP contribution in [0.25, 0.3) is 0 Å². The third kappa shape index (κ3) is 5.18. The minimum atomic E-state index is -4.32. The van der Waals surface area contributed by atoms with Crippen LogP contribution in [0.1, 0.15) is 0 Å². The summed E-state index contributed by atoms with van der Waals surface area (Å²) in [4.78, 5) is 9.33. The first-order chi connectivity index (χ1) is 3.42. The Kier molecular flexibility index (Phi) is 1.77. The number of rotatable bonds is 1. The average Bonchev–Trinajstić information content (AvgIpc) is 1.21. The van der Waals surface area contributed by atoms with Gasteiger partial charge < -0.3 is 9.29 Å². The Hall–Kier alpha value is -0.820. The zero-order chi connectivity index (χ0) is 6.78. The molecule has 0 fully saturated rings. The SMILES string of the molecule is NS(=O)(=O)OC(=O)O. The van der Waals surface area contributed by atoms with Crippen LogP contribution in [-0.2, 0) is 14.5 Å². The topological polar surface area (TPSA) is 107 Å². The summed E-state index contributed by atoms with van der Waals surface area (Å²) in [5.41, 5.74) is 0. The van der Waals surface area contributed by atoms with Crippen molar-refractivity contribution in [1.82, 2.24) is 0 Å². The summed E-state index contributed by atoms with van der Waals surface area (Å²) in [5, 5.41) is 11.7. The molecule has 0 rings (SSSR count). The lowest BCUT2D eigenvalue weighted by atomic mass is 11.5. The highest BCUT2D eigenvalue weighted by Crippen LogP contribution is 1.80. The third-order valence-electron chi connectivity index (χ3n) is 0.187. The van der Waals surface area contributed by atoms with E-state index in [1.807, 2.05) is 0 Å². The van der Waals surface area contributed by atoms with Gasteiger partial charge in [0.25, 0.3) is 0 Å². The molecule has 0 bridgehead atoms. The van der Waals surface area contributed by atoms with Crippen molar-refractivity contribution in [1.29, 1.82) is 0 Å². The Morgan fingerprint density at radius 2 is 2.00 bits per heavy atom. The van der Waals surface area contributed by atoms with Gasteiger partial charge in [0, 0.05) is 0 Å². The van der Waals surface area contributed by atoms with E-state index in [4.69, 9.17) is 5.11 Å². The lowest BCUT2D eigenvalue weighted by Gasteiger charge is -1.89. The van der Waals surface area contributed by atoms with Crippen LogP contribution in [0.5, 0.6) is 0 Å². The summed E-state index contributed by atoms with van der Waals surface area (Å²) < 4.78 is 22.3. The van der Waals surface area contributed by atoms with Crippen molar-refractivity contribution in [2.75, 3.05) is 0 Å². The molecule has 0 heterocycles. The van der Waals surface area contributed by atoms with E-state index in [1.165, 1.54) is 0 Å². The molecule has 0 aliphatic rings. The molecule has 48 valence electrons. The van der Waals surface area contributed by atoms with Gasteiger partial charge in [-0.05, 0) is 0 Å². The van der Waals surface area contributed by atoms with E-state index >= 15 is 0 Å². The molecule has 0 radical (unpaired) electrons. The van der Waals surface area contributed by atoms with Gasteiger partial charge >= 0.3 is 16.5 Å². The first-order valence-corrected chi connectivity index (χ1v) is 2.84. The maximum atomic E-state index is 9.62. The van der Waals surface area contributed by atoms with Gasteiger partial charge in [0.15, 0.2) is 0 Å². The standard InChI is InChI=1S/CH3NO5S/c2-8(5,6)7-1(3)4/h(H,3,4)(H2,2,5,6). The van der Waals surface area contributed by atoms with E-state index in [1.54, 1.807) is 0 Å². The van der Waals surface area contributed by atoms with Gasteiger partial charge in [-0.3, -0.25) is 0 Å². The number of carboxylic acid groups (broad SMARTS) is 1. The molecule has 0 unspecified atom stereocenters. The molecule has 0 aromatic heterocycles. The fraction of sp³-hybridized carbons (Fsp3) is 0. The molecule has 7 heteroatoms. The Morgan fingerprint density at radius 3 is 2.00 bits per heavy atom. The molecule has 0 aromatic carbocycles. The van der Waals surface area contributed by atoms with Crippen molar-refractivity contribution in [2.45, 2.75) is 0 Å². The maximum absolute atomic E-state index is 9.62. The smallest absolute Gasteiger partial charge is 0.449 e. The first kappa shape index (κ1) is 7.18. The molecular weight excluding hydrogens is 138 g/mol. The van der Waals surface area contributed by atoms with Crippen LogP contribution >= 0.6 is 0 Å². The Bertz CT molecular complexity index is 179. The summed E-state index contributed by atoms with van der Waals surface area (Å²) in [6.45, 7) is 0. The molecule has 0 saturated carbocycles. The third-order valence-corrected chi connectivity index (χ3v) is 0.562. The number of hydrogen-bond acceptors (Lipinski definition) is 4. The van der Waals surface area contributed by atoms with Crippen LogP contribution in [0.4, 0.5) is 4.79 Å². The minimum absolute atomic E-state index is 1.94. The van der Waals surface area contributed by atoms with Crippen LogP contribution in [-0.4, -0.2) is 19.7 Å². The highest BCUT2D eigenvalue weighted by molar-refractivity contribution is 7.84. The van der Waals surface area contributed by atoms with E-state index < -0.39 is 16.5 Å². The highest BCUT2D eigenvalue weighted by atomic mass is 32.2. The normalized spacial score (nSPS) is 10.6. The molecule has 0 saturated heterocycles. The van der Waals surface area contributed by atoms with E-state index in [0.717, 1.165) is 0 Å². The van der Waals surface area contributed by atoms with Gasteiger partial charge in [-0.1, -0.05) is 0 Å². The lowest BCUT2D eigenvalue weighted by molar-refractivity contribution is 0.147. The van der Waals surface area contributed by atoms with Gasteiger partial charge in [0.05, 0.1) is 0 Å². The second-order valence-electron chi connectivity index (χ2n) is 0.842. The van der Waals surface area contributed by atoms with Crippen LogP contribution in [0, 0.1) is 0 Å². The molecular formula is CH3NO5S. The predicted molar refractivity (Wildman–Crippen MR) is 22.2 cm³/mol. The fourth-order valence-electron chi connectivity index (χ4n) is 0.0994. The predicted octanol–water partition coefficient (Wildman–Crippen LogP) is -1.12. The lowest BCUT2D eigenvalue weighted by Crippen LogP contribution is -2.18. The van der Waals surface area contributed by atoms with Gasteiger partial charge in [-0.15, -0.1) is 0 Å². The summed E-state index contributed by atoms with van der Waals surface area (Å²) >= 11 is 0. The monoisotopic (exact) mass is 141 g/mol. The van der Waals surface area contributed by atoms with E-state index in [9.17, 15) is 13.2 Å². The van der Waals surface area contributed by atoms with E-state index in [0.29, 0.717) is 0 Å². The maximum Gasteiger partial charge on any atom is 0.522 e. The first-order valence-electron chi connectivity index (χ1n) is 1.37. The summed E-state index contributed by atoms with van der Waals surface area (Å²) in [6, 6.07) is 0. The van der Waals surface area contributed by atoms with Crippen LogP contribution in [0.3, 0.4) is 0 Å². The number of hydrogen-bond donors (Lipinski definition) is 2. The van der Waals surface area contributed by atoms with Crippen LogP contribution in [0.2, 0.25) is 0 Å². The van der Waals surface area contributed by atoms with Crippen LogP contribution < -0.4 is 5.14 Å². The average molecular weight is 141 g/mol. The summed E-state index contributed by atoms with van der Waals surface area (Å²) in [5.74, 6) is 0. The number of carbonyl (C=O) groups is 1. The van der Waals surface area contributed by atoms with Crippen molar-refractivity contribution >= 4 is 16.5 Å². The van der Waals surface area contributed by atoms with E-state index in [2.05, 4.69) is 9.32 Å². The quantitative estimate of drug-likeness (QED) is 0.481. The molecule has 0 spiro atoms. The largest absolute Gasteiger partial charge is 0.522 e. The molecule has 6 nitrogen and oxygen atoms in total. The van der Waals surface area contributed by atoms with Gasteiger partial charge in [0.2, 0.25) is 0 Å². The van der Waals surface area contributed by atoms with E-state index in [-0.39, 0.29) is 0 Å². The van der Waals surface area contributed by atoms with Crippen LogP contribution in [0.15, 0.2) is 0 Å². The highest BCUT2D eigenvalue weighted by Gasteiger charge is 2.06. The fourth-order valence-corrected chi connectivity index (χ4v) is 0.298.